The highest BCUT2D eigenvalue weighted by Gasteiger charge is 2.36. The van der Waals surface area contributed by atoms with E-state index in [9.17, 15) is 9.18 Å². The zero-order valence-corrected chi connectivity index (χ0v) is 19.2. The third-order valence-corrected chi connectivity index (χ3v) is 6.05. The molecule has 0 bridgehead atoms. The maximum absolute atomic E-state index is 14.5. The summed E-state index contributed by atoms with van der Waals surface area (Å²) in [5.74, 6) is 1.19. The first kappa shape index (κ1) is 23.1. The van der Waals surface area contributed by atoms with Crippen LogP contribution in [0.2, 0.25) is 0 Å². The molecule has 35 heavy (non-hydrogen) atoms. The number of amides is 1. The summed E-state index contributed by atoms with van der Waals surface area (Å²) in [6.45, 7) is 2.02. The molecule has 0 aliphatic carbocycles. The highest BCUT2D eigenvalue weighted by Crippen LogP contribution is 2.35. The van der Waals surface area contributed by atoms with Gasteiger partial charge >= 0.3 is 6.09 Å². The molecule has 2 atom stereocenters. The van der Waals surface area contributed by atoms with E-state index in [4.69, 9.17) is 24.7 Å². The summed E-state index contributed by atoms with van der Waals surface area (Å²) in [5.41, 5.74) is 8.42. The number of hydrogen-bond acceptors (Lipinski definition) is 9. The summed E-state index contributed by atoms with van der Waals surface area (Å²) in [6, 6.07) is 8.36. The number of anilines is 1. The van der Waals surface area contributed by atoms with Crippen LogP contribution in [-0.4, -0.2) is 61.6 Å². The number of benzene rings is 1. The SMILES string of the molecule is COc1ccc2ncc(F)c(CNCC[C@@H](N)[C@@H]3CN(c4ccc5c(c4)OCCO5)C(=O)O3)c2n1. The molecule has 10 nitrogen and oxygen atoms in total. The summed E-state index contributed by atoms with van der Waals surface area (Å²) < 4.78 is 36.3. The first-order chi connectivity index (χ1) is 17.0. The summed E-state index contributed by atoms with van der Waals surface area (Å²) in [4.78, 5) is 22.4. The Morgan fingerprint density at radius 2 is 2.09 bits per heavy atom. The van der Waals surface area contributed by atoms with Crippen LogP contribution in [-0.2, 0) is 11.3 Å². The second-order valence-electron chi connectivity index (χ2n) is 8.30. The smallest absolute Gasteiger partial charge is 0.414 e. The molecule has 0 saturated carbocycles. The topological polar surface area (TPSA) is 121 Å². The van der Waals surface area contributed by atoms with Gasteiger partial charge in [0.05, 0.1) is 31.1 Å². The van der Waals surface area contributed by atoms with Gasteiger partial charge in [-0.15, -0.1) is 0 Å². The van der Waals surface area contributed by atoms with E-state index < -0.39 is 24.1 Å². The van der Waals surface area contributed by atoms with Crippen LogP contribution in [0.25, 0.3) is 11.0 Å². The van der Waals surface area contributed by atoms with Gasteiger partial charge < -0.3 is 30.0 Å². The highest BCUT2D eigenvalue weighted by molar-refractivity contribution is 5.90. The summed E-state index contributed by atoms with van der Waals surface area (Å²) in [6.07, 6.45) is 0.778. The Bertz CT molecular complexity index is 1240. The lowest BCUT2D eigenvalue weighted by Gasteiger charge is -2.21. The number of cyclic esters (lactones) is 1. The maximum Gasteiger partial charge on any atom is 0.414 e. The van der Waals surface area contributed by atoms with E-state index in [0.29, 0.717) is 72.4 Å². The highest BCUT2D eigenvalue weighted by atomic mass is 19.1. The standard InChI is InChI=1S/C24H26FN5O5/c1-32-22-5-3-18-23(29-22)15(16(25)12-28-18)11-27-7-6-17(26)21-13-30(24(31)35-21)14-2-4-19-20(10-14)34-9-8-33-19/h2-5,10,12,17,21,27H,6-9,11,13,26H2,1H3/t17-,21+/m1/s1. The Morgan fingerprint density at radius 3 is 2.91 bits per heavy atom. The van der Waals surface area contributed by atoms with Crippen molar-refractivity contribution in [3.05, 3.63) is 47.9 Å². The van der Waals surface area contributed by atoms with Crippen molar-refractivity contribution in [2.45, 2.75) is 25.1 Å². The molecule has 3 aromatic rings. The minimum atomic E-state index is -0.470. The molecular formula is C24H26FN5O5. The lowest BCUT2D eigenvalue weighted by Crippen LogP contribution is -2.40. The fraction of sp³-hybridized carbons (Fsp3) is 0.375. The van der Waals surface area contributed by atoms with E-state index in [0.717, 1.165) is 0 Å². The molecule has 2 aromatic heterocycles. The second-order valence-corrected chi connectivity index (χ2v) is 8.30. The number of nitrogens with one attached hydrogen (secondary N) is 1. The Kier molecular flexibility index (Phi) is 6.51. The van der Waals surface area contributed by atoms with Crippen LogP contribution in [0.15, 0.2) is 36.5 Å². The van der Waals surface area contributed by atoms with Crippen molar-refractivity contribution in [3.63, 3.8) is 0 Å². The van der Waals surface area contributed by atoms with Gasteiger partial charge in [0.1, 0.15) is 30.7 Å². The Labute approximate surface area is 201 Å². The minimum absolute atomic E-state index is 0.242. The largest absolute Gasteiger partial charge is 0.486 e. The number of carbonyl (C=O) groups is 1. The van der Waals surface area contributed by atoms with Crippen LogP contribution in [0.3, 0.4) is 0 Å². The first-order valence-corrected chi connectivity index (χ1v) is 11.4. The number of nitrogens with zero attached hydrogens (tertiary/aromatic N) is 3. The molecule has 0 unspecified atom stereocenters. The first-order valence-electron chi connectivity index (χ1n) is 11.4. The molecule has 0 radical (unpaired) electrons. The van der Waals surface area contributed by atoms with E-state index in [-0.39, 0.29) is 6.54 Å². The number of ether oxygens (including phenoxy) is 4. The zero-order valence-electron chi connectivity index (χ0n) is 19.2. The Morgan fingerprint density at radius 1 is 1.26 bits per heavy atom. The van der Waals surface area contributed by atoms with Gasteiger partial charge in [0.15, 0.2) is 11.5 Å². The lowest BCUT2D eigenvalue weighted by molar-refractivity contribution is 0.124. The normalized spacial score (nSPS) is 18.0. The fourth-order valence-corrected chi connectivity index (χ4v) is 4.15. The Hall–Kier alpha value is -3.70. The van der Waals surface area contributed by atoms with Gasteiger partial charge in [0.25, 0.3) is 0 Å². The molecule has 5 rings (SSSR count). The van der Waals surface area contributed by atoms with Crippen molar-refractivity contribution in [2.75, 3.05) is 38.3 Å². The molecular weight excluding hydrogens is 457 g/mol. The van der Waals surface area contributed by atoms with Crippen molar-refractivity contribution < 1.29 is 28.1 Å². The predicted molar refractivity (Wildman–Crippen MR) is 125 cm³/mol. The summed E-state index contributed by atoms with van der Waals surface area (Å²) >= 11 is 0. The molecule has 11 heteroatoms. The molecule has 1 amide bonds. The van der Waals surface area contributed by atoms with Gasteiger partial charge in [-0.1, -0.05) is 0 Å². The van der Waals surface area contributed by atoms with Crippen molar-refractivity contribution in [1.82, 2.24) is 15.3 Å². The third-order valence-electron chi connectivity index (χ3n) is 6.05. The fourth-order valence-electron chi connectivity index (χ4n) is 4.15. The van der Waals surface area contributed by atoms with Crippen LogP contribution in [0.4, 0.5) is 14.9 Å². The van der Waals surface area contributed by atoms with E-state index >= 15 is 0 Å². The molecule has 0 spiro atoms. The van der Waals surface area contributed by atoms with Crippen LogP contribution in [0.5, 0.6) is 17.4 Å². The van der Waals surface area contributed by atoms with Crippen LogP contribution in [0.1, 0.15) is 12.0 Å². The van der Waals surface area contributed by atoms with Gasteiger partial charge in [0, 0.05) is 30.3 Å². The van der Waals surface area contributed by atoms with Gasteiger partial charge in [-0.2, -0.15) is 0 Å². The number of methoxy groups -OCH3 is 1. The lowest BCUT2D eigenvalue weighted by atomic mass is 10.1. The average molecular weight is 484 g/mol. The molecule has 2 aliphatic heterocycles. The van der Waals surface area contributed by atoms with E-state index in [1.165, 1.54) is 18.2 Å². The van der Waals surface area contributed by atoms with Crippen molar-refractivity contribution in [3.8, 4) is 17.4 Å². The van der Waals surface area contributed by atoms with E-state index in [1.54, 1.807) is 30.3 Å². The predicted octanol–water partition coefficient (Wildman–Crippen LogP) is 2.38. The number of rotatable bonds is 8. The molecule has 1 fully saturated rings. The quantitative estimate of drug-likeness (QED) is 0.465. The van der Waals surface area contributed by atoms with Gasteiger partial charge in [-0.25, -0.2) is 14.2 Å². The van der Waals surface area contributed by atoms with Crippen molar-refractivity contribution in [1.29, 1.82) is 0 Å². The monoisotopic (exact) mass is 483 g/mol. The van der Waals surface area contributed by atoms with Gasteiger partial charge in [-0.3, -0.25) is 9.88 Å². The molecule has 4 heterocycles. The zero-order chi connectivity index (χ0) is 24.4. The number of hydrogen-bond donors (Lipinski definition) is 2. The number of nitrogens with two attached hydrogens (primary N) is 1. The van der Waals surface area contributed by atoms with Crippen LogP contribution < -0.4 is 30.2 Å². The second kappa shape index (κ2) is 9.88. The molecule has 2 aliphatic rings. The average Bonchev–Trinajstić information content (AvgIpc) is 3.28. The van der Waals surface area contributed by atoms with Crippen LogP contribution >= 0.6 is 0 Å². The minimum Gasteiger partial charge on any atom is -0.486 e. The summed E-state index contributed by atoms with van der Waals surface area (Å²) in [7, 11) is 1.50. The third kappa shape index (κ3) is 4.77. The van der Waals surface area contributed by atoms with Gasteiger partial charge in [0.2, 0.25) is 5.88 Å². The van der Waals surface area contributed by atoms with Gasteiger partial charge in [-0.05, 0) is 31.2 Å². The molecule has 3 N–H and O–H groups in total. The number of halogens is 1. The molecule has 1 aromatic carbocycles. The molecule has 1 saturated heterocycles. The number of aromatic nitrogens is 2. The van der Waals surface area contributed by atoms with Crippen LogP contribution in [0, 0.1) is 5.82 Å². The Balaban J connectivity index is 1.17. The number of fused-ring (bicyclic) bond motifs is 2. The van der Waals surface area contributed by atoms with Crippen molar-refractivity contribution >= 4 is 22.8 Å². The maximum atomic E-state index is 14.5. The number of carbonyl (C=O) groups excluding carboxylic acids is 1. The number of pyridine rings is 2. The van der Waals surface area contributed by atoms with E-state index in [2.05, 4.69) is 15.3 Å². The molecule has 184 valence electrons. The van der Waals surface area contributed by atoms with E-state index in [1.807, 2.05) is 0 Å². The van der Waals surface area contributed by atoms with Crippen molar-refractivity contribution in [2.24, 2.45) is 5.73 Å². The summed E-state index contributed by atoms with van der Waals surface area (Å²) in [5, 5.41) is 3.20.